The molecule has 71 heavy (non-hydrogen) atoms. The lowest BCUT2D eigenvalue weighted by atomic mass is 9.71. The predicted molar refractivity (Wildman–Crippen MR) is 264 cm³/mol. The number of amides is 8. The first-order valence-corrected chi connectivity index (χ1v) is 24.8. The molecule has 1 aromatic heterocycles. The van der Waals surface area contributed by atoms with Gasteiger partial charge in [-0.25, -0.2) is 0 Å². The van der Waals surface area contributed by atoms with E-state index in [1.54, 1.807) is 31.1 Å². The van der Waals surface area contributed by atoms with Crippen molar-refractivity contribution in [2.75, 3.05) is 70.5 Å². The number of nitrogens with one attached hydrogen (secondary N) is 4. The highest BCUT2D eigenvalue weighted by atomic mass is 16.2. The topological polar surface area (TPSA) is 206 Å². The minimum atomic E-state index is -1.09. The zero-order valence-electron chi connectivity index (χ0n) is 40.5. The molecular formula is C53H62N10O8. The van der Waals surface area contributed by atoms with Crippen LogP contribution in [0.2, 0.25) is 0 Å². The van der Waals surface area contributed by atoms with E-state index in [-0.39, 0.29) is 65.4 Å². The Morgan fingerprint density at radius 1 is 0.746 bits per heavy atom. The van der Waals surface area contributed by atoms with Crippen LogP contribution in [0.1, 0.15) is 116 Å². The molecule has 3 fully saturated rings. The van der Waals surface area contributed by atoms with E-state index in [0.717, 1.165) is 88.3 Å². The zero-order valence-corrected chi connectivity index (χ0v) is 40.5. The second-order valence-electron chi connectivity index (χ2n) is 19.5. The minimum Gasteiger partial charge on any atom is -0.347 e. The highest BCUT2D eigenvalue weighted by molar-refractivity contribution is 6.26. The summed E-state index contributed by atoms with van der Waals surface area (Å²) in [7, 11) is 3.51. The monoisotopic (exact) mass is 966 g/mol. The molecule has 0 radical (unpaired) electrons. The van der Waals surface area contributed by atoms with Crippen molar-refractivity contribution in [2.24, 2.45) is 0 Å². The number of piperazine rings is 1. The summed E-state index contributed by atoms with van der Waals surface area (Å²) in [6, 6.07) is 23.1. The van der Waals surface area contributed by atoms with Gasteiger partial charge in [-0.3, -0.25) is 58.4 Å². The van der Waals surface area contributed by atoms with Gasteiger partial charge in [0.2, 0.25) is 23.6 Å². The van der Waals surface area contributed by atoms with E-state index in [0.29, 0.717) is 43.0 Å². The van der Waals surface area contributed by atoms with Gasteiger partial charge in [-0.15, -0.1) is 0 Å². The van der Waals surface area contributed by atoms with Crippen molar-refractivity contribution in [1.29, 1.82) is 0 Å². The first kappa shape index (κ1) is 49.0. The molecule has 18 heteroatoms. The molecule has 372 valence electrons. The van der Waals surface area contributed by atoms with E-state index in [2.05, 4.69) is 41.7 Å². The van der Waals surface area contributed by atoms with Crippen LogP contribution >= 0.6 is 0 Å². The summed E-state index contributed by atoms with van der Waals surface area (Å²) in [6.07, 6.45) is 6.31. The number of imide groups is 2. The number of carbonyl (C=O) groups is 8. The fourth-order valence-corrected chi connectivity index (χ4v) is 10.6. The van der Waals surface area contributed by atoms with Gasteiger partial charge in [0, 0.05) is 96.2 Å². The molecule has 4 aliphatic heterocycles. The number of hydrogen-bond acceptors (Lipinski definition) is 11. The van der Waals surface area contributed by atoms with E-state index in [9.17, 15) is 38.4 Å². The molecule has 8 amide bonds. The van der Waals surface area contributed by atoms with E-state index in [1.807, 2.05) is 59.5 Å². The van der Waals surface area contributed by atoms with Crippen molar-refractivity contribution in [3.8, 4) is 0 Å². The van der Waals surface area contributed by atoms with Gasteiger partial charge >= 0.3 is 0 Å². The molecule has 4 N–H and O–H groups in total. The number of unbranched alkanes of at least 4 members (excludes halogenated alkanes) is 2. The first-order chi connectivity index (χ1) is 34.3. The van der Waals surface area contributed by atoms with Crippen molar-refractivity contribution in [3.63, 3.8) is 0 Å². The largest absolute Gasteiger partial charge is 0.347 e. The third kappa shape index (κ3) is 10.6. The summed E-state index contributed by atoms with van der Waals surface area (Å²) in [6.45, 7) is 6.64. The normalized spacial score (nSPS) is 18.9. The minimum absolute atomic E-state index is 0.00950. The maximum absolute atomic E-state index is 13.5. The van der Waals surface area contributed by atoms with Crippen LogP contribution < -0.4 is 21.3 Å². The van der Waals surface area contributed by atoms with Crippen LogP contribution in [0.5, 0.6) is 0 Å². The lowest BCUT2D eigenvalue weighted by Gasteiger charge is -2.53. The van der Waals surface area contributed by atoms with Crippen molar-refractivity contribution in [1.82, 2.24) is 39.7 Å². The summed E-state index contributed by atoms with van der Waals surface area (Å²) >= 11 is 0. The Kier molecular flexibility index (Phi) is 14.6. The molecule has 1 saturated carbocycles. The van der Waals surface area contributed by atoms with Gasteiger partial charge < -0.3 is 30.3 Å². The average Bonchev–Trinajstić information content (AvgIpc) is 3.89. The second-order valence-corrected chi connectivity index (χ2v) is 19.5. The van der Waals surface area contributed by atoms with Crippen LogP contribution in [0.3, 0.4) is 0 Å². The van der Waals surface area contributed by atoms with Crippen molar-refractivity contribution >= 4 is 58.6 Å². The highest BCUT2D eigenvalue weighted by Gasteiger charge is 2.49. The lowest BCUT2D eigenvalue weighted by Crippen LogP contribution is -2.56. The van der Waals surface area contributed by atoms with Gasteiger partial charge in [0.15, 0.2) is 0 Å². The van der Waals surface area contributed by atoms with Crippen LogP contribution in [0.25, 0.3) is 0 Å². The summed E-state index contributed by atoms with van der Waals surface area (Å²) in [5.74, 6) is -2.92. The maximum atomic E-state index is 13.5. The Labute approximate surface area is 413 Å². The van der Waals surface area contributed by atoms with Gasteiger partial charge in [0.05, 0.1) is 28.9 Å². The van der Waals surface area contributed by atoms with Gasteiger partial charge in [0.25, 0.3) is 23.6 Å². The van der Waals surface area contributed by atoms with Gasteiger partial charge in [-0.2, -0.15) is 0 Å². The van der Waals surface area contributed by atoms with Crippen LogP contribution in [0, 0.1) is 0 Å². The van der Waals surface area contributed by atoms with Crippen LogP contribution in [-0.4, -0.2) is 142 Å². The van der Waals surface area contributed by atoms with E-state index in [1.165, 1.54) is 17.3 Å². The standard InChI is InChI=1S/C53H62N10O8/c1-58(2)50(69)37-15-11-36(12-16-37)33-61-30-31-62-41(19-21-43(62)53(61)23-7-24-53)48(67)54-32-35-13-17-38(18-14-35)55-44(64)10-4-3-5-25-59-26-28-60(29-27-59)34-46(66)56-40-9-6-8-39-47(40)52(71)63(51(39)70)42-20-22-45(65)57-49(42)68/h6,8-9,11-19,21,42H,3-5,7,10,20,22-34H2,1-2H3,(H,54,67)(H,55,64)(H,56,66)(H,57,65,68). The maximum Gasteiger partial charge on any atom is 0.268 e. The average molecular weight is 967 g/mol. The van der Waals surface area contributed by atoms with Crippen LogP contribution in [0.15, 0.2) is 78.9 Å². The molecule has 9 rings (SSSR count). The van der Waals surface area contributed by atoms with E-state index in [4.69, 9.17) is 0 Å². The third-order valence-electron chi connectivity index (χ3n) is 14.7. The van der Waals surface area contributed by atoms with Crippen molar-refractivity contribution in [2.45, 2.75) is 89.0 Å². The Morgan fingerprint density at radius 2 is 1.48 bits per heavy atom. The SMILES string of the molecule is CN(C)C(=O)c1ccc(CN2CCn3c(C(=O)NCc4ccc(NC(=O)CCCCCN5CCN(CC(=O)Nc6cccc7c6C(=O)N(C6CCC(=O)NC6=O)C7=O)CC5)cc4)ccc3C23CCC3)cc1. The molecule has 1 atom stereocenters. The number of carbonyl (C=O) groups excluding carboxylic acids is 8. The predicted octanol–water partition coefficient (Wildman–Crippen LogP) is 4.17. The van der Waals surface area contributed by atoms with Crippen molar-refractivity contribution < 1.29 is 38.4 Å². The molecule has 2 saturated heterocycles. The number of rotatable bonds is 17. The number of nitrogens with zero attached hydrogens (tertiary/aromatic N) is 6. The number of piperidine rings is 1. The van der Waals surface area contributed by atoms with E-state index < -0.39 is 29.7 Å². The molecule has 1 unspecified atom stereocenters. The smallest absolute Gasteiger partial charge is 0.268 e. The highest BCUT2D eigenvalue weighted by Crippen LogP contribution is 2.49. The lowest BCUT2D eigenvalue weighted by molar-refractivity contribution is -0.136. The molecule has 1 aliphatic carbocycles. The molecular weight excluding hydrogens is 905 g/mol. The summed E-state index contributed by atoms with van der Waals surface area (Å²) in [4.78, 5) is 112. The number of anilines is 2. The Bertz CT molecular complexity index is 2720. The summed E-state index contributed by atoms with van der Waals surface area (Å²) in [5, 5.41) is 11.1. The summed E-state index contributed by atoms with van der Waals surface area (Å²) in [5.41, 5.74) is 5.60. The molecule has 5 heterocycles. The fraction of sp³-hybridized carbons (Fsp3) is 0.434. The zero-order chi connectivity index (χ0) is 49.8. The van der Waals surface area contributed by atoms with E-state index >= 15 is 0 Å². The van der Waals surface area contributed by atoms with Gasteiger partial charge in [-0.1, -0.05) is 36.8 Å². The van der Waals surface area contributed by atoms with Crippen molar-refractivity contribution in [3.05, 3.63) is 118 Å². The first-order valence-electron chi connectivity index (χ1n) is 24.8. The molecule has 1 spiro atoms. The Morgan fingerprint density at radius 3 is 2.18 bits per heavy atom. The number of benzene rings is 3. The Hall–Kier alpha value is -7.02. The molecule has 5 aliphatic rings. The van der Waals surface area contributed by atoms with Gasteiger partial charge in [0.1, 0.15) is 11.7 Å². The van der Waals surface area contributed by atoms with Gasteiger partial charge in [-0.05, 0) is 105 Å². The quantitative estimate of drug-likeness (QED) is 0.0874. The second kappa shape index (κ2) is 21.1. The molecule has 18 nitrogen and oxygen atoms in total. The number of fused-ring (bicyclic) bond motifs is 3. The number of aromatic nitrogens is 1. The number of hydrogen-bond donors (Lipinski definition) is 4. The molecule has 3 aromatic carbocycles. The van der Waals surface area contributed by atoms with Crippen LogP contribution in [0.4, 0.5) is 11.4 Å². The Balaban J connectivity index is 0.653. The summed E-state index contributed by atoms with van der Waals surface area (Å²) < 4.78 is 2.19. The fourth-order valence-electron chi connectivity index (χ4n) is 10.6. The molecule has 4 aromatic rings. The van der Waals surface area contributed by atoms with Crippen LogP contribution in [-0.2, 0) is 44.4 Å². The molecule has 0 bridgehead atoms. The third-order valence-corrected chi connectivity index (χ3v) is 14.7.